The summed E-state index contributed by atoms with van der Waals surface area (Å²) < 4.78 is 4.54. The molecule has 6 heteroatoms. The van der Waals surface area contributed by atoms with Crippen LogP contribution in [0.2, 0.25) is 0 Å². The summed E-state index contributed by atoms with van der Waals surface area (Å²) in [6, 6.07) is 1.73. The molecule has 0 saturated carbocycles. The lowest BCUT2D eigenvalue weighted by Gasteiger charge is -2.05. The maximum absolute atomic E-state index is 11.2. The third kappa shape index (κ3) is 4.06. The highest BCUT2D eigenvalue weighted by Gasteiger charge is 2.08. The highest BCUT2D eigenvalue weighted by atomic mass is 32.2. The SMILES string of the molecule is COC(=O)c1nccc(NCCCSC)n1. The summed E-state index contributed by atoms with van der Waals surface area (Å²) in [6.07, 6.45) is 4.66. The number of esters is 1. The summed E-state index contributed by atoms with van der Waals surface area (Å²) in [5.74, 6) is 1.31. The fraction of sp³-hybridized carbons (Fsp3) is 0.500. The zero-order valence-corrected chi connectivity index (χ0v) is 10.2. The monoisotopic (exact) mass is 241 g/mol. The molecule has 16 heavy (non-hydrogen) atoms. The molecule has 0 atom stereocenters. The van der Waals surface area contributed by atoms with Crippen molar-refractivity contribution in [1.82, 2.24) is 9.97 Å². The van der Waals surface area contributed by atoms with Gasteiger partial charge in [-0.2, -0.15) is 11.8 Å². The summed E-state index contributed by atoms with van der Waals surface area (Å²) in [7, 11) is 1.31. The Morgan fingerprint density at radius 3 is 3.12 bits per heavy atom. The Labute approximate surface area is 99.0 Å². The van der Waals surface area contributed by atoms with Crippen LogP contribution in [0.25, 0.3) is 0 Å². The number of carbonyl (C=O) groups is 1. The number of aromatic nitrogens is 2. The Morgan fingerprint density at radius 2 is 2.44 bits per heavy atom. The van der Waals surface area contributed by atoms with Gasteiger partial charge < -0.3 is 10.1 Å². The summed E-state index contributed by atoms with van der Waals surface area (Å²) in [5.41, 5.74) is 0. The molecule has 1 aromatic rings. The number of ether oxygens (including phenoxy) is 1. The topological polar surface area (TPSA) is 64.1 Å². The normalized spacial score (nSPS) is 9.88. The van der Waals surface area contributed by atoms with Gasteiger partial charge in [0.15, 0.2) is 0 Å². The van der Waals surface area contributed by atoms with Gasteiger partial charge in [-0.25, -0.2) is 14.8 Å². The van der Waals surface area contributed by atoms with Crippen LogP contribution in [-0.4, -0.2) is 41.6 Å². The maximum atomic E-state index is 11.2. The molecule has 0 aliphatic heterocycles. The van der Waals surface area contributed by atoms with Gasteiger partial charge in [0.1, 0.15) is 5.82 Å². The minimum absolute atomic E-state index is 0.0809. The highest BCUT2D eigenvalue weighted by molar-refractivity contribution is 7.98. The molecule has 0 aromatic carbocycles. The first-order valence-electron chi connectivity index (χ1n) is 4.92. The predicted octanol–water partition coefficient (Wildman–Crippen LogP) is 1.43. The molecule has 0 aliphatic carbocycles. The van der Waals surface area contributed by atoms with E-state index in [1.807, 2.05) is 0 Å². The average molecular weight is 241 g/mol. The second kappa shape index (κ2) is 7.05. The number of hydrogen-bond acceptors (Lipinski definition) is 6. The van der Waals surface area contributed by atoms with E-state index in [0.29, 0.717) is 5.82 Å². The minimum Gasteiger partial charge on any atom is -0.463 e. The summed E-state index contributed by atoms with van der Waals surface area (Å²) in [4.78, 5) is 19.0. The first-order chi connectivity index (χ1) is 7.77. The molecule has 0 spiro atoms. The Balaban J connectivity index is 2.50. The van der Waals surface area contributed by atoms with Gasteiger partial charge in [-0.1, -0.05) is 0 Å². The summed E-state index contributed by atoms with van der Waals surface area (Å²) in [5, 5.41) is 3.13. The standard InChI is InChI=1S/C10H15N3O2S/c1-15-10(14)9-12-6-4-8(13-9)11-5-3-7-16-2/h4,6H,3,5,7H2,1-2H3,(H,11,12,13). The molecule has 0 amide bonds. The predicted molar refractivity (Wildman–Crippen MR) is 64.9 cm³/mol. The van der Waals surface area contributed by atoms with Gasteiger partial charge in [-0.15, -0.1) is 0 Å². The second-order valence-electron chi connectivity index (χ2n) is 3.03. The summed E-state index contributed by atoms with van der Waals surface area (Å²) in [6.45, 7) is 0.832. The van der Waals surface area contributed by atoms with Crippen LogP contribution < -0.4 is 5.32 Å². The van der Waals surface area contributed by atoms with Crippen molar-refractivity contribution in [3.8, 4) is 0 Å². The van der Waals surface area contributed by atoms with Crippen LogP contribution in [0.4, 0.5) is 5.82 Å². The van der Waals surface area contributed by atoms with Gasteiger partial charge in [0.05, 0.1) is 7.11 Å². The van der Waals surface area contributed by atoms with E-state index in [-0.39, 0.29) is 5.82 Å². The third-order valence-corrected chi connectivity index (χ3v) is 2.55. The lowest BCUT2D eigenvalue weighted by Crippen LogP contribution is -2.10. The van der Waals surface area contributed by atoms with E-state index in [2.05, 4.69) is 26.3 Å². The van der Waals surface area contributed by atoms with Crippen LogP contribution in [0.3, 0.4) is 0 Å². The van der Waals surface area contributed by atoms with Crippen LogP contribution >= 0.6 is 11.8 Å². The molecular weight excluding hydrogens is 226 g/mol. The van der Waals surface area contributed by atoms with Gasteiger partial charge >= 0.3 is 5.97 Å². The Hall–Kier alpha value is -1.30. The van der Waals surface area contributed by atoms with Gasteiger partial charge in [0.2, 0.25) is 5.82 Å². The first-order valence-corrected chi connectivity index (χ1v) is 6.31. The molecular formula is C10H15N3O2S. The number of anilines is 1. The molecule has 0 saturated heterocycles. The molecule has 1 rings (SSSR count). The van der Waals surface area contributed by atoms with Crippen LogP contribution in [0.15, 0.2) is 12.3 Å². The van der Waals surface area contributed by atoms with Gasteiger partial charge in [-0.3, -0.25) is 0 Å². The number of nitrogens with one attached hydrogen (secondary N) is 1. The quantitative estimate of drug-likeness (QED) is 0.600. The third-order valence-electron chi connectivity index (χ3n) is 1.85. The van der Waals surface area contributed by atoms with Gasteiger partial charge in [0, 0.05) is 12.7 Å². The highest BCUT2D eigenvalue weighted by Crippen LogP contribution is 2.03. The van der Waals surface area contributed by atoms with E-state index >= 15 is 0 Å². The molecule has 1 heterocycles. The van der Waals surface area contributed by atoms with E-state index in [4.69, 9.17) is 0 Å². The van der Waals surface area contributed by atoms with E-state index in [1.54, 1.807) is 17.8 Å². The minimum atomic E-state index is -0.521. The van der Waals surface area contributed by atoms with E-state index in [1.165, 1.54) is 13.3 Å². The van der Waals surface area contributed by atoms with Crippen LogP contribution in [-0.2, 0) is 4.74 Å². The number of nitrogens with zero attached hydrogens (tertiary/aromatic N) is 2. The van der Waals surface area contributed by atoms with Crippen molar-refractivity contribution >= 4 is 23.5 Å². The molecule has 0 bridgehead atoms. The van der Waals surface area contributed by atoms with Crippen molar-refractivity contribution < 1.29 is 9.53 Å². The second-order valence-corrected chi connectivity index (χ2v) is 4.02. The zero-order chi connectivity index (χ0) is 11.8. The number of rotatable bonds is 6. The molecule has 0 unspecified atom stereocenters. The maximum Gasteiger partial charge on any atom is 0.376 e. The van der Waals surface area contributed by atoms with Gasteiger partial charge in [-0.05, 0) is 24.5 Å². The van der Waals surface area contributed by atoms with Crippen molar-refractivity contribution in [2.45, 2.75) is 6.42 Å². The number of thioether (sulfide) groups is 1. The number of methoxy groups -OCH3 is 1. The van der Waals surface area contributed by atoms with Crippen molar-refractivity contribution in [2.75, 3.05) is 31.0 Å². The fourth-order valence-electron chi connectivity index (χ4n) is 1.08. The van der Waals surface area contributed by atoms with E-state index in [0.717, 1.165) is 18.7 Å². The Bertz CT molecular complexity index is 347. The molecule has 0 aliphatic rings. The molecule has 1 N–H and O–H groups in total. The Kier molecular flexibility index (Phi) is 5.63. The average Bonchev–Trinajstić information content (AvgIpc) is 2.34. The van der Waals surface area contributed by atoms with E-state index < -0.39 is 5.97 Å². The molecule has 1 aromatic heterocycles. The molecule has 88 valence electrons. The zero-order valence-electron chi connectivity index (χ0n) is 9.40. The van der Waals surface area contributed by atoms with Crippen LogP contribution in [0, 0.1) is 0 Å². The van der Waals surface area contributed by atoms with E-state index in [9.17, 15) is 4.79 Å². The number of hydrogen-bond donors (Lipinski definition) is 1. The van der Waals surface area contributed by atoms with Crippen molar-refractivity contribution in [3.63, 3.8) is 0 Å². The lowest BCUT2D eigenvalue weighted by atomic mass is 10.4. The number of carbonyl (C=O) groups excluding carboxylic acids is 1. The van der Waals surface area contributed by atoms with Crippen LogP contribution in [0.5, 0.6) is 0 Å². The largest absolute Gasteiger partial charge is 0.463 e. The Morgan fingerprint density at radius 1 is 1.62 bits per heavy atom. The molecule has 5 nitrogen and oxygen atoms in total. The van der Waals surface area contributed by atoms with Gasteiger partial charge in [0.25, 0.3) is 0 Å². The molecule has 0 radical (unpaired) electrons. The van der Waals surface area contributed by atoms with Crippen molar-refractivity contribution in [1.29, 1.82) is 0 Å². The smallest absolute Gasteiger partial charge is 0.376 e. The van der Waals surface area contributed by atoms with Crippen LogP contribution in [0.1, 0.15) is 17.0 Å². The summed E-state index contributed by atoms with van der Waals surface area (Å²) >= 11 is 1.80. The fourth-order valence-corrected chi connectivity index (χ4v) is 1.51. The first kappa shape index (κ1) is 12.8. The lowest BCUT2D eigenvalue weighted by molar-refractivity contribution is 0.0587. The molecule has 0 fully saturated rings. The van der Waals surface area contributed by atoms with Crippen molar-refractivity contribution in [2.24, 2.45) is 0 Å². The van der Waals surface area contributed by atoms with Crippen molar-refractivity contribution in [3.05, 3.63) is 18.1 Å².